The number of benzene rings is 1. The van der Waals surface area contributed by atoms with Gasteiger partial charge in [0.2, 0.25) is 0 Å². The van der Waals surface area contributed by atoms with Gasteiger partial charge in [0.25, 0.3) is 0 Å². The standard InChI is InChI=1S/C20H33N3O3/c1-4-6-14-26-16-13-22-20(21-12-7-15-25-5-2)23-17-18-8-10-19(24-3)11-9-18/h4,8-11H,1,5-7,12-17H2,2-3H3,(H2,21,22,23). The second kappa shape index (κ2) is 15.2. The van der Waals surface area contributed by atoms with Crippen LogP contribution in [-0.2, 0) is 16.0 Å². The Morgan fingerprint density at radius 3 is 2.54 bits per heavy atom. The van der Waals surface area contributed by atoms with Crippen molar-refractivity contribution >= 4 is 5.96 Å². The normalized spacial score (nSPS) is 11.2. The van der Waals surface area contributed by atoms with Crippen molar-refractivity contribution in [3.8, 4) is 5.75 Å². The van der Waals surface area contributed by atoms with Crippen molar-refractivity contribution in [2.24, 2.45) is 4.99 Å². The Hall–Kier alpha value is -2.05. The van der Waals surface area contributed by atoms with Gasteiger partial charge in [0.15, 0.2) is 5.96 Å². The smallest absolute Gasteiger partial charge is 0.191 e. The van der Waals surface area contributed by atoms with Crippen molar-refractivity contribution in [3.63, 3.8) is 0 Å². The summed E-state index contributed by atoms with van der Waals surface area (Å²) in [5.74, 6) is 1.63. The Bertz CT molecular complexity index is 504. The molecule has 6 nitrogen and oxygen atoms in total. The second-order valence-corrected chi connectivity index (χ2v) is 5.61. The van der Waals surface area contributed by atoms with Crippen LogP contribution >= 0.6 is 0 Å². The fraction of sp³-hybridized carbons (Fsp3) is 0.550. The summed E-state index contributed by atoms with van der Waals surface area (Å²) in [6.07, 6.45) is 3.66. The highest BCUT2D eigenvalue weighted by molar-refractivity contribution is 5.79. The van der Waals surface area contributed by atoms with Crippen molar-refractivity contribution in [1.82, 2.24) is 10.6 Å². The number of hydrogen-bond acceptors (Lipinski definition) is 4. The second-order valence-electron chi connectivity index (χ2n) is 5.61. The minimum atomic E-state index is 0.599. The Kier molecular flexibility index (Phi) is 12.9. The van der Waals surface area contributed by atoms with Crippen LogP contribution in [0.4, 0.5) is 0 Å². The first kappa shape index (κ1) is 22.0. The molecular formula is C20H33N3O3. The maximum atomic E-state index is 5.52. The molecule has 1 aromatic carbocycles. The quantitative estimate of drug-likeness (QED) is 0.230. The molecule has 0 aromatic heterocycles. The minimum absolute atomic E-state index is 0.599. The molecule has 0 bridgehead atoms. The Balaban J connectivity index is 2.44. The van der Waals surface area contributed by atoms with E-state index in [0.717, 1.165) is 49.9 Å². The maximum absolute atomic E-state index is 5.52. The topological polar surface area (TPSA) is 64.1 Å². The molecule has 0 saturated carbocycles. The number of ether oxygens (including phenoxy) is 3. The van der Waals surface area contributed by atoms with E-state index in [1.54, 1.807) is 7.11 Å². The van der Waals surface area contributed by atoms with Crippen LogP contribution in [-0.4, -0.2) is 52.6 Å². The summed E-state index contributed by atoms with van der Waals surface area (Å²) < 4.78 is 16.1. The number of rotatable bonds is 14. The Morgan fingerprint density at radius 2 is 1.85 bits per heavy atom. The summed E-state index contributed by atoms with van der Waals surface area (Å²) in [5.41, 5.74) is 1.13. The minimum Gasteiger partial charge on any atom is -0.497 e. The molecule has 0 fully saturated rings. The summed E-state index contributed by atoms with van der Waals surface area (Å²) in [5, 5.41) is 6.64. The van der Waals surface area contributed by atoms with Gasteiger partial charge in [0.1, 0.15) is 5.75 Å². The fourth-order valence-corrected chi connectivity index (χ4v) is 2.11. The van der Waals surface area contributed by atoms with E-state index < -0.39 is 0 Å². The van der Waals surface area contributed by atoms with E-state index in [9.17, 15) is 0 Å². The van der Waals surface area contributed by atoms with Crippen LogP contribution in [0.1, 0.15) is 25.3 Å². The lowest BCUT2D eigenvalue weighted by Gasteiger charge is -2.13. The molecule has 1 aromatic rings. The number of hydrogen-bond donors (Lipinski definition) is 2. The average molecular weight is 364 g/mol. The highest BCUT2D eigenvalue weighted by Crippen LogP contribution is 2.11. The van der Waals surface area contributed by atoms with Crippen LogP contribution in [0.3, 0.4) is 0 Å². The third-order valence-electron chi connectivity index (χ3n) is 3.55. The van der Waals surface area contributed by atoms with Gasteiger partial charge in [-0.05, 0) is 37.5 Å². The van der Waals surface area contributed by atoms with Crippen molar-refractivity contribution in [2.45, 2.75) is 26.3 Å². The summed E-state index contributed by atoms with van der Waals surface area (Å²) >= 11 is 0. The first-order chi connectivity index (χ1) is 12.8. The van der Waals surface area contributed by atoms with E-state index in [-0.39, 0.29) is 0 Å². The van der Waals surface area contributed by atoms with E-state index in [1.165, 1.54) is 0 Å². The molecule has 6 heteroatoms. The summed E-state index contributed by atoms with van der Waals surface area (Å²) in [6, 6.07) is 7.93. The molecule has 0 radical (unpaired) electrons. The van der Waals surface area contributed by atoms with Gasteiger partial charge in [0, 0.05) is 26.3 Å². The van der Waals surface area contributed by atoms with E-state index in [4.69, 9.17) is 14.2 Å². The summed E-state index contributed by atoms with van der Waals surface area (Å²) in [4.78, 5) is 4.64. The SMILES string of the molecule is C=CCCOCCNC(=NCc1ccc(OC)cc1)NCCCOCC. The molecule has 0 unspecified atom stereocenters. The molecule has 1 rings (SSSR count). The highest BCUT2D eigenvalue weighted by Gasteiger charge is 2.00. The van der Waals surface area contributed by atoms with Gasteiger partial charge in [-0.25, -0.2) is 4.99 Å². The summed E-state index contributed by atoms with van der Waals surface area (Å²) in [7, 11) is 1.67. The monoisotopic (exact) mass is 363 g/mol. The van der Waals surface area contributed by atoms with Gasteiger partial charge >= 0.3 is 0 Å². The molecule has 0 atom stereocenters. The van der Waals surface area contributed by atoms with Crippen LogP contribution in [0.5, 0.6) is 5.75 Å². The average Bonchev–Trinajstić information content (AvgIpc) is 2.68. The van der Waals surface area contributed by atoms with Crippen LogP contribution in [0, 0.1) is 0 Å². The molecule has 146 valence electrons. The van der Waals surface area contributed by atoms with Crippen LogP contribution in [0.25, 0.3) is 0 Å². The molecule has 0 saturated heterocycles. The largest absolute Gasteiger partial charge is 0.497 e. The van der Waals surface area contributed by atoms with Gasteiger partial charge in [-0.3, -0.25) is 0 Å². The van der Waals surface area contributed by atoms with E-state index in [0.29, 0.717) is 26.3 Å². The molecular weight excluding hydrogens is 330 g/mol. The zero-order valence-electron chi connectivity index (χ0n) is 16.1. The fourth-order valence-electron chi connectivity index (χ4n) is 2.11. The predicted octanol–water partition coefficient (Wildman–Crippen LogP) is 2.75. The first-order valence-electron chi connectivity index (χ1n) is 9.21. The van der Waals surface area contributed by atoms with Gasteiger partial charge < -0.3 is 24.8 Å². The van der Waals surface area contributed by atoms with Crippen molar-refractivity contribution < 1.29 is 14.2 Å². The number of aliphatic imine (C=N–C) groups is 1. The zero-order valence-corrected chi connectivity index (χ0v) is 16.1. The number of guanidine groups is 1. The highest BCUT2D eigenvalue weighted by atomic mass is 16.5. The van der Waals surface area contributed by atoms with Gasteiger partial charge in [0.05, 0.1) is 26.9 Å². The van der Waals surface area contributed by atoms with Crippen LogP contribution in [0.2, 0.25) is 0 Å². The predicted molar refractivity (Wildman–Crippen MR) is 107 cm³/mol. The van der Waals surface area contributed by atoms with Crippen molar-refractivity contribution in [2.75, 3.05) is 46.6 Å². The van der Waals surface area contributed by atoms with Crippen LogP contribution < -0.4 is 15.4 Å². The number of methoxy groups -OCH3 is 1. The van der Waals surface area contributed by atoms with Crippen molar-refractivity contribution in [1.29, 1.82) is 0 Å². The van der Waals surface area contributed by atoms with Gasteiger partial charge in [-0.2, -0.15) is 0 Å². The Labute approximate surface area is 157 Å². The van der Waals surface area contributed by atoms with E-state index >= 15 is 0 Å². The lowest BCUT2D eigenvalue weighted by Crippen LogP contribution is -2.39. The van der Waals surface area contributed by atoms with Gasteiger partial charge in [-0.15, -0.1) is 6.58 Å². The lowest BCUT2D eigenvalue weighted by atomic mass is 10.2. The number of nitrogens with zero attached hydrogens (tertiary/aromatic N) is 1. The number of nitrogens with one attached hydrogen (secondary N) is 2. The zero-order chi connectivity index (χ0) is 18.9. The lowest BCUT2D eigenvalue weighted by molar-refractivity contribution is 0.143. The van der Waals surface area contributed by atoms with Crippen molar-refractivity contribution in [3.05, 3.63) is 42.5 Å². The molecule has 26 heavy (non-hydrogen) atoms. The molecule has 0 spiro atoms. The van der Waals surface area contributed by atoms with E-state index in [1.807, 2.05) is 37.3 Å². The first-order valence-corrected chi connectivity index (χ1v) is 9.21. The molecule has 0 aliphatic carbocycles. The molecule has 2 N–H and O–H groups in total. The molecule has 0 aliphatic rings. The maximum Gasteiger partial charge on any atom is 0.191 e. The third-order valence-corrected chi connectivity index (χ3v) is 3.55. The van der Waals surface area contributed by atoms with Gasteiger partial charge in [-0.1, -0.05) is 18.2 Å². The Morgan fingerprint density at radius 1 is 1.08 bits per heavy atom. The van der Waals surface area contributed by atoms with Crippen LogP contribution in [0.15, 0.2) is 41.9 Å². The summed E-state index contributed by atoms with van der Waals surface area (Å²) in [6.45, 7) is 10.6. The van der Waals surface area contributed by atoms with E-state index in [2.05, 4.69) is 22.2 Å². The molecule has 0 aliphatic heterocycles. The molecule has 0 amide bonds. The molecule has 0 heterocycles. The third kappa shape index (κ3) is 10.7.